The van der Waals surface area contributed by atoms with E-state index in [9.17, 15) is 14.9 Å². The Kier molecular flexibility index (Phi) is 4.70. The van der Waals surface area contributed by atoms with Gasteiger partial charge in [-0.2, -0.15) is 0 Å². The zero-order chi connectivity index (χ0) is 17.1. The summed E-state index contributed by atoms with van der Waals surface area (Å²) in [6, 6.07) is 3.10. The third kappa shape index (κ3) is 3.85. The number of hydrogen-bond acceptors (Lipinski definition) is 7. The largest absolute Gasteiger partial charge is 0.365 e. The Bertz CT molecular complexity index is 746. The first kappa shape index (κ1) is 16.3. The van der Waals surface area contributed by atoms with E-state index in [2.05, 4.69) is 15.3 Å². The molecule has 3 rings (SSSR count). The average Bonchev–Trinajstić information content (AvgIpc) is 3.17. The van der Waals surface area contributed by atoms with Crippen LogP contribution in [-0.2, 0) is 11.2 Å². The Labute approximate surface area is 142 Å². The number of rotatable bonds is 5. The van der Waals surface area contributed by atoms with Crippen molar-refractivity contribution < 1.29 is 9.72 Å². The third-order valence-electron chi connectivity index (χ3n) is 3.85. The van der Waals surface area contributed by atoms with Crippen LogP contribution >= 0.6 is 11.3 Å². The average molecular weight is 347 g/mol. The van der Waals surface area contributed by atoms with Gasteiger partial charge in [0.05, 0.1) is 22.0 Å². The number of aromatic nitrogens is 2. The van der Waals surface area contributed by atoms with Gasteiger partial charge in [0.1, 0.15) is 12.0 Å². The topological polar surface area (TPSA) is 101 Å². The molecule has 126 valence electrons. The molecule has 1 aliphatic rings. The smallest absolute Gasteiger partial charge is 0.287 e. The first-order chi connectivity index (χ1) is 11.5. The van der Waals surface area contributed by atoms with Gasteiger partial charge in [-0.25, -0.2) is 9.97 Å². The number of likely N-dealkylation sites (tertiary alicyclic amines) is 1. The molecular weight excluding hydrogens is 330 g/mol. The highest BCUT2D eigenvalue weighted by molar-refractivity contribution is 7.09. The number of nitrogens with zero attached hydrogens (tertiary/aromatic N) is 4. The maximum Gasteiger partial charge on any atom is 0.287 e. The van der Waals surface area contributed by atoms with Crippen LogP contribution in [0, 0.1) is 17.0 Å². The van der Waals surface area contributed by atoms with Gasteiger partial charge in [-0.15, -0.1) is 11.3 Å². The SMILES string of the molecule is Cc1nc(CC(=O)N2CC[C@@H](Nc3ccc([N+](=O)[O-])cn3)C2)cs1. The molecule has 9 heteroatoms. The summed E-state index contributed by atoms with van der Waals surface area (Å²) in [5.41, 5.74) is 0.776. The van der Waals surface area contributed by atoms with Crippen molar-refractivity contribution >= 4 is 28.7 Å². The lowest BCUT2D eigenvalue weighted by atomic mass is 10.2. The van der Waals surface area contributed by atoms with E-state index in [0.29, 0.717) is 25.3 Å². The van der Waals surface area contributed by atoms with Crippen molar-refractivity contribution in [2.24, 2.45) is 0 Å². The van der Waals surface area contributed by atoms with Crippen molar-refractivity contribution in [2.45, 2.75) is 25.8 Å². The number of carbonyl (C=O) groups is 1. The summed E-state index contributed by atoms with van der Waals surface area (Å²) in [5.74, 6) is 0.649. The second-order valence-corrected chi connectivity index (χ2v) is 6.73. The van der Waals surface area contributed by atoms with Crippen molar-refractivity contribution in [3.63, 3.8) is 0 Å². The van der Waals surface area contributed by atoms with Gasteiger partial charge in [0.15, 0.2) is 0 Å². The van der Waals surface area contributed by atoms with E-state index >= 15 is 0 Å². The van der Waals surface area contributed by atoms with Crippen LogP contribution in [0.25, 0.3) is 0 Å². The van der Waals surface area contributed by atoms with Crippen LogP contribution in [0.5, 0.6) is 0 Å². The number of aryl methyl sites for hydroxylation is 1. The standard InChI is InChI=1S/C15H17N5O3S/c1-10-17-12(9-24-10)6-15(21)19-5-4-11(8-19)18-14-3-2-13(7-16-14)20(22)23/h2-3,7,9,11H,4-6,8H2,1H3,(H,16,18)/t11-/m1/s1. The molecule has 0 saturated carbocycles. The molecule has 0 radical (unpaired) electrons. The van der Waals surface area contributed by atoms with Crippen molar-refractivity contribution in [3.05, 3.63) is 44.5 Å². The highest BCUT2D eigenvalue weighted by atomic mass is 32.1. The summed E-state index contributed by atoms with van der Waals surface area (Å²) in [6.45, 7) is 3.21. The van der Waals surface area contributed by atoms with Crippen molar-refractivity contribution in [1.29, 1.82) is 0 Å². The van der Waals surface area contributed by atoms with E-state index in [-0.39, 0.29) is 17.6 Å². The summed E-state index contributed by atoms with van der Waals surface area (Å²) in [6.07, 6.45) is 2.37. The molecule has 0 bridgehead atoms. The monoisotopic (exact) mass is 347 g/mol. The van der Waals surface area contributed by atoms with Crippen LogP contribution < -0.4 is 5.32 Å². The van der Waals surface area contributed by atoms with E-state index < -0.39 is 4.92 Å². The molecule has 24 heavy (non-hydrogen) atoms. The number of hydrogen-bond donors (Lipinski definition) is 1. The van der Waals surface area contributed by atoms with Gasteiger partial charge in [0.2, 0.25) is 5.91 Å². The zero-order valence-electron chi connectivity index (χ0n) is 13.1. The fraction of sp³-hybridized carbons (Fsp3) is 0.400. The molecule has 1 fully saturated rings. The molecule has 0 spiro atoms. The number of nitrogens with one attached hydrogen (secondary N) is 1. The maximum atomic E-state index is 12.3. The van der Waals surface area contributed by atoms with Crippen LogP contribution in [-0.4, -0.2) is 44.8 Å². The second-order valence-electron chi connectivity index (χ2n) is 5.66. The number of amides is 1. The van der Waals surface area contributed by atoms with Gasteiger partial charge >= 0.3 is 0 Å². The molecule has 1 saturated heterocycles. The van der Waals surface area contributed by atoms with Crippen molar-refractivity contribution in [3.8, 4) is 0 Å². The van der Waals surface area contributed by atoms with E-state index in [1.807, 2.05) is 17.2 Å². The molecular formula is C15H17N5O3S. The minimum absolute atomic E-state index is 0.0395. The zero-order valence-corrected chi connectivity index (χ0v) is 14.0. The molecule has 8 nitrogen and oxygen atoms in total. The van der Waals surface area contributed by atoms with Gasteiger partial charge < -0.3 is 10.2 Å². The molecule has 1 amide bonds. The molecule has 1 aliphatic heterocycles. The molecule has 3 heterocycles. The number of nitro groups is 1. The summed E-state index contributed by atoms with van der Waals surface area (Å²) < 4.78 is 0. The van der Waals surface area contributed by atoms with E-state index in [4.69, 9.17) is 0 Å². The maximum absolute atomic E-state index is 12.3. The van der Waals surface area contributed by atoms with E-state index in [0.717, 1.165) is 17.1 Å². The predicted molar refractivity (Wildman–Crippen MR) is 90.1 cm³/mol. The Morgan fingerprint density at radius 3 is 3.00 bits per heavy atom. The van der Waals surface area contributed by atoms with Gasteiger partial charge in [-0.1, -0.05) is 0 Å². The lowest BCUT2D eigenvalue weighted by Gasteiger charge is -2.17. The summed E-state index contributed by atoms with van der Waals surface area (Å²) >= 11 is 1.54. The quantitative estimate of drug-likeness (QED) is 0.656. The lowest BCUT2D eigenvalue weighted by Crippen LogP contribution is -2.32. The van der Waals surface area contributed by atoms with Crippen LogP contribution in [0.3, 0.4) is 0 Å². The molecule has 0 aliphatic carbocycles. The Morgan fingerprint density at radius 2 is 2.38 bits per heavy atom. The molecule has 2 aromatic rings. The number of pyridine rings is 1. The fourth-order valence-corrected chi connectivity index (χ4v) is 3.26. The number of thiazole rings is 1. The predicted octanol–water partition coefficient (Wildman–Crippen LogP) is 2.01. The second kappa shape index (κ2) is 6.91. The van der Waals surface area contributed by atoms with Crippen molar-refractivity contribution in [1.82, 2.24) is 14.9 Å². The van der Waals surface area contributed by atoms with Gasteiger partial charge in [-0.3, -0.25) is 14.9 Å². The highest BCUT2D eigenvalue weighted by Crippen LogP contribution is 2.18. The normalized spacial score (nSPS) is 17.0. The summed E-state index contributed by atoms with van der Waals surface area (Å²) in [5, 5.41) is 16.7. The Hall–Kier alpha value is -2.55. The van der Waals surface area contributed by atoms with Crippen LogP contribution in [0.2, 0.25) is 0 Å². The first-order valence-corrected chi connectivity index (χ1v) is 8.45. The van der Waals surface area contributed by atoms with Crippen LogP contribution in [0.15, 0.2) is 23.7 Å². The highest BCUT2D eigenvalue weighted by Gasteiger charge is 2.26. The molecule has 2 aromatic heterocycles. The lowest BCUT2D eigenvalue weighted by molar-refractivity contribution is -0.385. The Morgan fingerprint density at radius 1 is 1.54 bits per heavy atom. The van der Waals surface area contributed by atoms with Crippen molar-refractivity contribution in [2.75, 3.05) is 18.4 Å². The van der Waals surface area contributed by atoms with Gasteiger partial charge in [0.25, 0.3) is 5.69 Å². The minimum Gasteiger partial charge on any atom is -0.365 e. The first-order valence-electron chi connectivity index (χ1n) is 7.57. The van der Waals surface area contributed by atoms with Crippen LogP contribution in [0.4, 0.5) is 11.5 Å². The Balaban J connectivity index is 1.53. The van der Waals surface area contributed by atoms with Gasteiger partial charge in [0, 0.05) is 30.6 Å². The fourth-order valence-electron chi connectivity index (χ4n) is 2.65. The number of carbonyl (C=O) groups excluding carboxylic acids is 1. The summed E-state index contributed by atoms with van der Waals surface area (Å²) in [4.78, 5) is 32.6. The molecule has 0 unspecified atom stereocenters. The van der Waals surface area contributed by atoms with E-state index in [1.165, 1.54) is 12.3 Å². The minimum atomic E-state index is -0.479. The number of anilines is 1. The molecule has 1 N–H and O–H groups in total. The molecule has 1 atom stereocenters. The van der Waals surface area contributed by atoms with E-state index in [1.54, 1.807) is 17.4 Å². The molecule has 0 aromatic carbocycles. The third-order valence-corrected chi connectivity index (χ3v) is 4.67. The summed E-state index contributed by atoms with van der Waals surface area (Å²) in [7, 11) is 0. The van der Waals surface area contributed by atoms with Gasteiger partial charge in [-0.05, 0) is 19.4 Å². The van der Waals surface area contributed by atoms with Crippen LogP contribution in [0.1, 0.15) is 17.1 Å².